The maximum absolute atomic E-state index is 12.7. The van der Waals surface area contributed by atoms with Gasteiger partial charge in [0.05, 0.1) is 0 Å². The molecule has 1 rings (SSSR count). The van der Waals surface area contributed by atoms with Crippen molar-refractivity contribution in [3.63, 3.8) is 0 Å². The standard InChI is InChI=1S/C16H25O5P/c1-16(2,3)21-15(17)14(22(18,19-4)20-5)12-11-13-9-7-6-8-10-13/h6-10,14H,11-12H2,1-5H3. The lowest BCUT2D eigenvalue weighted by atomic mass is 10.1. The van der Waals surface area contributed by atoms with Crippen molar-refractivity contribution in [1.29, 1.82) is 0 Å². The zero-order valence-electron chi connectivity index (χ0n) is 13.9. The third kappa shape index (κ3) is 5.56. The third-order valence-electron chi connectivity index (χ3n) is 3.12. The molecule has 0 spiro atoms. The first kappa shape index (κ1) is 18.9. The molecule has 1 aromatic carbocycles. The molecule has 0 amide bonds. The van der Waals surface area contributed by atoms with E-state index in [1.807, 2.05) is 30.3 Å². The van der Waals surface area contributed by atoms with Gasteiger partial charge in [0.1, 0.15) is 5.60 Å². The lowest BCUT2D eigenvalue weighted by Crippen LogP contribution is -2.32. The van der Waals surface area contributed by atoms with Crippen LogP contribution in [0.1, 0.15) is 32.8 Å². The Hall–Kier alpha value is -1.16. The van der Waals surface area contributed by atoms with Gasteiger partial charge in [0.2, 0.25) is 0 Å². The van der Waals surface area contributed by atoms with Gasteiger partial charge in [-0.05, 0) is 39.2 Å². The first-order valence-electron chi connectivity index (χ1n) is 7.20. The van der Waals surface area contributed by atoms with Crippen LogP contribution in [-0.2, 0) is 29.6 Å². The molecule has 124 valence electrons. The van der Waals surface area contributed by atoms with Crippen LogP contribution < -0.4 is 0 Å². The van der Waals surface area contributed by atoms with Crippen molar-refractivity contribution in [2.45, 2.75) is 44.9 Å². The topological polar surface area (TPSA) is 61.8 Å². The van der Waals surface area contributed by atoms with Crippen molar-refractivity contribution in [2.24, 2.45) is 0 Å². The van der Waals surface area contributed by atoms with Gasteiger partial charge in [-0.3, -0.25) is 9.36 Å². The number of benzene rings is 1. The lowest BCUT2D eigenvalue weighted by Gasteiger charge is -2.27. The number of hydrogen-bond donors (Lipinski definition) is 0. The highest BCUT2D eigenvalue weighted by Crippen LogP contribution is 2.53. The molecule has 0 heterocycles. The predicted molar refractivity (Wildman–Crippen MR) is 86.0 cm³/mol. The molecule has 0 bridgehead atoms. The van der Waals surface area contributed by atoms with Crippen molar-refractivity contribution in [3.05, 3.63) is 35.9 Å². The Labute approximate surface area is 132 Å². The molecule has 0 N–H and O–H groups in total. The molecule has 0 radical (unpaired) electrons. The van der Waals surface area contributed by atoms with Gasteiger partial charge >= 0.3 is 13.6 Å². The van der Waals surface area contributed by atoms with E-state index in [0.29, 0.717) is 12.8 Å². The molecular weight excluding hydrogens is 303 g/mol. The van der Waals surface area contributed by atoms with Gasteiger partial charge < -0.3 is 13.8 Å². The van der Waals surface area contributed by atoms with Crippen molar-refractivity contribution >= 4 is 13.6 Å². The molecule has 0 fully saturated rings. The van der Waals surface area contributed by atoms with E-state index >= 15 is 0 Å². The molecule has 0 aromatic heterocycles. The molecule has 22 heavy (non-hydrogen) atoms. The Morgan fingerprint density at radius 1 is 1.14 bits per heavy atom. The highest BCUT2D eigenvalue weighted by atomic mass is 31.2. The Bertz CT molecular complexity index is 513. The SMILES string of the molecule is COP(=O)(OC)C(CCc1ccccc1)C(=O)OC(C)(C)C. The van der Waals surface area contributed by atoms with Gasteiger partial charge in [0.25, 0.3) is 0 Å². The first-order chi connectivity index (χ1) is 10.2. The van der Waals surface area contributed by atoms with Crippen LogP contribution >= 0.6 is 7.60 Å². The normalized spacial score (nSPS) is 13.7. The number of hydrogen-bond acceptors (Lipinski definition) is 5. The minimum Gasteiger partial charge on any atom is -0.459 e. The number of esters is 1. The van der Waals surface area contributed by atoms with E-state index in [9.17, 15) is 9.36 Å². The summed E-state index contributed by atoms with van der Waals surface area (Å²) in [5, 5.41) is 0. The predicted octanol–water partition coefficient (Wildman–Crippen LogP) is 3.82. The minimum absolute atomic E-state index is 0.331. The summed E-state index contributed by atoms with van der Waals surface area (Å²) in [6, 6.07) is 9.67. The van der Waals surface area contributed by atoms with Gasteiger partial charge in [-0.2, -0.15) is 0 Å². The molecule has 1 atom stereocenters. The summed E-state index contributed by atoms with van der Waals surface area (Å²) < 4.78 is 28.0. The van der Waals surface area contributed by atoms with Gasteiger partial charge in [0, 0.05) is 14.2 Å². The van der Waals surface area contributed by atoms with Crippen LogP contribution in [-0.4, -0.2) is 31.4 Å². The fourth-order valence-electron chi connectivity index (χ4n) is 2.05. The highest BCUT2D eigenvalue weighted by Gasteiger charge is 2.42. The van der Waals surface area contributed by atoms with Crippen molar-refractivity contribution in [3.8, 4) is 0 Å². The number of carbonyl (C=O) groups excluding carboxylic acids is 1. The average Bonchev–Trinajstić information content (AvgIpc) is 2.46. The second kappa shape index (κ2) is 7.91. The molecule has 5 nitrogen and oxygen atoms in total. The number of carbonyl (C=O) groups is 1. The van der Waals surface area contributed by atoms with E-state index in [4.69, 9.17) is 13.8 Å². The molecule has 0 saturated carbocycles. The number of ether oxygens (including phenoxy) is 1. The highest BCUT2D eigenvalue weighted by molar-refractivity contribution is 7.55. The number of aryl methyl sites for hydroxylation is 1. The van der Waals surface area contributed by atoms with E-state index in [2.05, 4.69) is 0 Å². The molecule has 0 aliphatic carbocycles. The molecular formula is C16H25O5P. The molecule has 0 saturated heterocycles. The van der Waals surface area contributed by atoms with Crippen molar-refractivity contribution in [1.82, 2.24) is 0 Å². The van der Waals surface area contributed by atoms with Crippen molar-refractivity contribution in [2.75, 3.05) is 14.2 Å². The zero-order valence-corrected chi connectivity index (χ0v) is 14.8. The summed E-state index contributed by atoms with van der Waals surface area (Å²) in [7, 11) is -0.981. The van der Waals surface area contributed by atoms with Gasteiger partial charge in [-0.25, -0.2) is 0 Å². The van der Waals surface area contributed by atoms with Crippen LogP contribution in [0.25, 0.3) is 0 Å². The number of rotatable bonds is 7. The smallest absolute Gasteiger partial charge is 0.344 e. The van der Waals surface area contributed by atoms with Gasteiger partial charge in [-0.1, -0.05) is 30.3 Å². The Kier molecular flexibility index (Phi) is 6.79. The van der Waals surface area contributed by atoms with Gasteiger partial charge in [0.15, 0.2) is 5.66 Å². The Morgan fingerprint density at radius 2 is 1.68 bits per heavy atom. The second-order valence-electron chi connectivity index (χ2n) is 5.98. The summed E-state index contributed by atoms with van der Waals surface area (Å²) >= 11 is 0. The molecule has 1 aromatic rings. The quantitative estimate of drug-likeness (QED) is 0.562. The third-order valence-corrected chi connectivity index (χ3v) is 5.37. The maximum atomic E-state index is 12.7. The monoisotopic (exact) mass is 328 g/mol. The lowest BCUT2D eigenvalue weighted by molar-refractivity contribution is -0.154. The largest absolute Gasteiger partial charge is 0.459 e. The molecule has 0 aliphatic rings. The molecule has 0 aliphatic heterocycles. The van der Waals surface area contributed by atoms with Crippen LogP contribution in [0.5, 0.6) is 0 Å². The summed E-state index contributed by atoms with van der Waals surface area (Å²) in [5.74, 6) is -0.560. The molecule has 1 unspecified atom stereocenters. The van der Waals surface area contributed by atoms with E-state index in [1.165, 1.54) is 14.2 Å². The van der Waals surface area contributed by atoms with E-state index < -0.39 is 24.8 Å². The van der Waals surface area contributed by atoms with Crippen LogP contribution in [0, 0.1) is 0 Å². The zero-order chi connectivity index (χ0) is 16.8. The van der Waals surface area contributed by atoms with Crippen LogP contribution in [0.4, 0.5) is 0 Å². The molecule has 6 heteroatoms. The Morgan fingerprint density at radius 3 is 2.14 bits per heavy atom. The van der Waals surface area contributed by atoms with Crippen LogP contribution in [0.3, 0.4) is 0 Å². The summed E-state index contributed by atoms with van der Waals surface area (Å²) in [4.78, 5) is 12.4. The maximum Gasteiger partial charge on any atom is 0.344 e. The van der Waals surface area contributed by atoms with E-state index in [-0.39, 0.29) is 0 Å². The van der Waals surface area contributed by atoms with Crippen LogP contribution in [0.15, 0.2) is 30.3 Å². The van der Waals surface area contributed by atoms with Gasteiger partial charge in [-0.15, -0.1) is 0 Å². The fourth-order valence-corrected chi connectivity index (χ4v) is 3.47. The summed E-state index contributed by atoms with van der Waals surface area (Å²) in [5.41, 5.74) is -0.550. The van der Waals surface area contributed by atoms with E-state index in [1.54, 1.807) is 20.8 Å². The van der Waals surface area contributed by atoms with Crippen LogP contribution in [0.2, 0.25) is 0 Å². The van der Waals surface area contributed by atoms with Crippen molar-refractivity contribution < 1.29 is 23.1 Å². The fraction of sp³-hybridized carbons (Fsp3) is 0.562. The first-order valence-corrected chi connectivity index (χ1v) is 8.81. The van der Waals surface area contributed by atoms with E-state index in [0.717, 1.165) is 5.56 Å². The second-order valence-corrected chi connectivity index (χ2v) is 8.41. The summed E-state index contributed by atoms with van der Waals surface area (Å²) in [6.45, 7) is 5.30. The Balaban J connectivity index is 2.91. The summed E-state index contributed by atoms with van der Waals surface area (Å²) in [6.07, 6.45) is 0.916. The minimum atomic E-state index is -3.54. The average molecular weight is 328 g/mol.